The molecule has 4 rings (SSSR count). The first kappa shape index (κ1) is 17.8. The first-order valence-electron chi connectivity index (χ1n) is 9.07. The Morgan fingerprint density at radius 3 is 2.48 bits per heavy atom. The summed E-state index contributed by atoms with van der Waals surface area (Å²) in [5.74, 6) is 1.22. The average Bonchev–Trinajstić information content (AvgIpc) is 3.18. The summed E-state index contributed by atoms with van der Waals surface area (Å²) < 4.78 is 5.22. The molecule has 0 radical (unpaired) electrons. The van der Waals surface area contributed by atoms with Gasteiger partial charge < -0.3 is 14.7 Å². The van der Waals surface area contributed by atoms with E-state index in [0.717, 1.165) is 60.4 Å². The molecule has 1 aromatic heterocycles. The maximum Gasteiger partial charge on any atom is 0.138 e. The van der Waals surface area contributed by atoms with Crippen LogP contribution in [0, 0.1) is 0 Å². The second kappa shape index (κ2) is 7.98. The number of benzene rings is 2. The van der Waals surface area contributed by atoms with Crippen molar-refractivity contribution in [3.8, 4) is 22.1 Å². The average molecular weight is 382 g/mol. The highest BCUT2D eigenvalue weighted by Crippen LogP contribution is 2.28. The number of phenolic OH excluding ortho intramolecular Hbond substituents is 1. The molecule has 0 aliphatic carbocycles. The highest BCUT2D eigenvalue weighted by molar-refractivity contribution is 7.13. The summed E-state index contributed by atoms with van der Waals surface area (Å²) in [6.07, 6.45) is 0. The number of aromatic nitrogens is 1. The van der Waals surface area contributed by atoms with Crippen molar-refractivity contribution in [1.82, 2.24) is 9.88 Å². The van der Waals surface area contributed by atoms with Crippen molar-refractivity contribution in [1.29, 1.82) is 0 Å². The van der Waals surface area contributed by atoms with Gasteiger partial charge in [-0.05, 0) is 36.4 Å². The summed E-state index contributed by atoms with van der Waals surface area (Å²) in [7, 11) is 1.68. The van der Waals surface area contributed by atoms with Gasteiger partial charge in [0.25, 0.3) is 0 Å². The van der Waals surface area contributed by atoms with Crippen molar-refractivity contribution in [2.75, 3.05) is 38.2 Å². The lowest BCUT2D eigenvalue weighted by Gasteiger charge is -2.36. The van der Waals surface area contributed by atoms with Crippen molar-refractivity contribution in [2.45, 2.75) is 6.54 Å². The van der Waals surface area contributed by atoms with Gasteiger partial charge in [0.2, 0.25) is 0 Å². The molecule has 1 saturated heterocycles. The van der Waals surface area contributed by atoms with Crippen molar-refractivity contribution >= 4 is 17.0 Å². The number of para-hydroxylation sites is 2. The van der Waals surface area contributed by atoms with E-state index in [0.29, 0.717) is 5.75 Å². The van der Waals surface area contributed by atoms with E-state index in [4.69, 9.17) is 9.72 Å². The number of nitrogens with zero attached hydrogens (tertiary/aromatic N) is 3. The third-order valence-corrected chi connectivity index (χ3v) is 5.81. The summed E-state index contributed by atoms with van der Waals surface area (Å²) in [6.45, 7) is 4.61. The molecule has 2 heterocycles. The van der Waals surface area contributed by atoms with Crippen LogP contribution in [0.1, 0.15) is 5.69 Å². The van der Waals surface area contributed by atoms with Gasteiger partial charge in [-0.25, -0.2) is 4.98 Å². The largest absolute Gasteiger partial charge is 0.506 e. The molecule has 3 aromatic rings. The lowest BCUT2D eigenvalue weighted by molar-refractivity contribution is 0.247. The molecule has 27 heavy (non-hydrogen) atoms. The van der Waals surface area contributed by atoms with Crippen molar-refractivity contribution in [2.24, 2.45) is 0 Å². The molecule has 0 amide bonds. The first-order valence-corrected chi connectivity index (χ1v) is 9.95. The molecule has 1 fully saturated rings. The second-order valence-corrected chi connectivity index (χ2v) is 7.48. The van der Waals surface area contributed by atoms with Crippen LogP contribution in [0.2, 0.25) is 0 Å². The molecule has 5 nitrogen and oxygen atoms in total. The fourth-order valence-corrected chi connectivity index (χ4v) is 4.17. The van der Waals surface area contributed by atoms with Gasteiger partial charge in [0.1, 0.15) is 16.5 Å². The fraction of sp³-hybridized carbons (Fsp3) is 0.286. The van der Waals surface area contributed by atoms with E-state index < -0.39 is 0 Å². The number of thiazole rings is 1. The number of anilines is 1. The smallest absolute Gasteiger partial charge is 0.138 e. The van der Waals surface area contributed by atoms with Crippen LogP contribution in [0.15, 0.2) is 53.9 Å². The molecule has 0 bridgehead atoms. The first-order chi connectivity index (χ1) is 13.2. The van der Waals surface area contributed by atoms with Crippen LogP contribution in [-0.4, -0.2) is 48.3 Å². The van der Waals surface area contributed by atoms with Crippen LogP contribution in [0.5, 0.6) is 11.5 Å². The third-order valence-electron chi connectivity index (χ3n) is 4.87. The van der Waals surface area contributed by atoms with E-state index in [1.807, 2.05) is 42.5 Å². The van der Waals surface area contributed by atoms with Gasteiger partial charge in [-0.2, -0.15) is 0 Å². The SMILES string of the molecule is COc1ccc(-c2nc(CN3CCN(c4ccccc4O)CC3)cs2)cc1. The van der Waals surface area contributed by atoms with Crippen LogP contribution < -0.4 is 9.64 Å². The Hall–Kier alpha value is -2.57. The van der Waals surface area contributed by atoms with E-state index in [2.05, 4.69) is 15.2 Å². The van der Waals surface area contributed by atoms with Gasteiger partial charge in [0.15, 0.2) is 0 Å². The van der Waals surface area contributed by atoms with Gasteiger partial charge in [-0.3, -0.25) is 4.90 Å². The topological polar surface area (TPSA) is 48.8 Å². The molecule has 1 N–H and O–H groups in total. The molecule has 1 aliphatic rings. The van der Waals surface area contributed by atoms with Gasteiger partial charge in [0, 0.05) is 43.7 Å². The molecule has 2 aromatic carbocycles. The summed E-state index contributed by atoms with van der Waals surface area (Å²) in [5.41, 5.74) is 3.16. The number of ether oxygens (including phenoxy) is 1. The number of hydrogen-bond acceptors (Lipinski definition) is 6. The maximum atomic E-state index is 10.0. The molecule has 0 saturated carbocycles. The van der Waals surface area contributed by atoms with Crippen LogP contribution in [0.3, 0.4) is 0 Å². The van der Waals surface area contributed by atoms with Gasteiger partial charge >= 0.3 is 0 Å². The Morgan fingerprint density at radius 1 is 1.04 bits per heavy atom. The predicted molar refractivity (Wildman–Crippen MR) is 110 cm³/mol. The molecule has 1 aliphatic heterocycles. The van der Waals surface area contributed by atoms with Crippen LogP contribution in [0.25, 0.3) is 10.6 Å². The summed E-state index contributed by atoms with van der Waals surface area (Å²) in [4.78, 5) is 9.47. The van der Waals surface area contributed by atoms with E-state index in [1.165, 1.54) is 0 Å². The zero-order valence-electron chi connectivity index (χ0n) is 15.3. The zero-order chi connectivity index (χ0) is 18.6. The monoisotopic (exact) mass is 381 g/mol. The van der Waals surface area contributed by atoms with E-state index in [9.17, 15) is 5.11 Å². The van der Waals surface area contributed by atoms with Crippen molar-refractivity contribution < 1.29 is 9.84 Å². The molecule has 140 valence electrons. The zero-order valence-corrected chi connectivity index (χ0v) is 16.2. The number of rotatable bonds is 5. The number of methoxy groups -OCH3 is 1. The van der Waals surface area contributed by atoms with Gasteiger partial charge in [-0.1, -0.05) is 12.1 Å². The Balaban J connectivity index is 1.35. The minimum Gasteiger partial charge on any atom is -0.506 e. The molecular weight excluding hydrogens is 358 g/mol. The Morgan fingerprint density at radius 2 is 1.78 bits per heavy atom. The van der Waals surface area contributed by atoms with Crippen molar-refractivity contribution in [3.05, 3.63) is 59.6 Å². The summed E-state index contributed by atoms with van der Waals surface area (Å²) >= 11 is 1.68. The van der Waals surface area contributed by atoms with E-state index >= 15 is 0 Å². The van der Waals surface area contributed by atoms with Crippen LogP contribution in [0.4, 0.5) is 5.69 Å². The fourth-order valence-electron chi connectivity index (χ4n) is 3.35. The van der Waals surface area contributed by atoms with Crippen LogP contribution >= 0.6 is 11.3 Å². The maximum absolute atomic E-state index is 10.0. The molecule has 0 unspecified atom stereocenters. The number of hydrogen-bond donors (Lipinski definition) is 1. The normalized spacial score (nSPS) is 15.1. The lowest BCUT2D eigenvalue weighted by Crippen LogP contribution is -2.46. The molecule has 0 atom stereocenters. The second-order valence-electron chi connectivity index (χ2n) is 6.62. The van der Waals surface area contributed by atoms with Gasteiger partial charge in [0.05, 0.1) is 18.5 Å². The Bertz CT molecular complexity index is 886. The Labute approximate surface area is 163 Å². The Kier molecular flexibility index (Phi) is 5.27. The quantitative estimate of drug-likeness (QED) is 0.728. The lowest BCUT2D eigenvalue weighted by atomic mass is 10.2. The highest BCUT2D eigenvalue weighted by Gasteiger charge is 2.20. The molecule has 6 heteroatoms. The summed E-state index contributed by atoms with van der Waals surface area (Å²) in [6, 6.07) is 15.6. The third kappa shape index (κ3) is 4.07. The van der Waals surface area contributed by atoms with E-state index in [-0.39, 0.29) is 0 Å². The van der Waals surface area contributed by atoms with Gasteiger partial charge in [-0.15, -0.1) is 11.3 Å². The minimum atomic E-state index is 0.356. The molecule has 0 spiro atoms. The molecular formula is C21H23N3O2S. The van der Waals surface area contributed by atoms with Crippen LogP contribution in [-0.2, 0) is 6.54 Å². The number of aromatic hydroxyl groups is 1. The van der Waals surface area contributed by atoms with E-state index in [1.54, 1.807) is 24.5 Å². The van der Waals surface area contributed by atoms with Crippen molar-refractivity contribution in [3.63, 3.8) is 0 Å². The highest BCUT2D eigenvalue weighted by atomic mass is 32.1. The number of phenols is 1. The minimum absolute atomic E-state index is 0.356. The number of piperazine rings is 1. The summed E-state index contributed by atoms with van der Waals surface area (Å²) in [5, 5.41) is 13.2. The predicted octanol–water partition coefficient (Wildman–Crippen LogP) is 3.85. The standard InChI is InChI=1S/C21H23N3O2S/c1-26-18-8-6-16(7-9-18)21-22-17(15-27-21)14-23-10-12-24(13-11-23)19-4-2-3-5-20(19)25/h2-9,15,25H,10-14H2,1H3.